The molecule has 26 heavy (non-hydrogen) atoms. The fourth-order valence-corrected chi connectivity index (χ4v) is 2.24. The lowest BCUT2D eigenvalue weighted by Crippen LogP contribution is -2.53. The number of amidine groups is 1. The average Bonchev–Trinajstić information content (AvgIpc) is 2.97. The number of aliphatic hydroxyl groups is 1. The summed E-state index contributed by atoms with van der Waals surface area (Å²) in [5.74, 6) is -1.03. The van der Waals surface area contributed by atoms with E-state index in [1.165, 1.54) is 7.05 Å². The molecule has 0 atom stereocenters. The van der Waals surface area contributed by atoms with Gasteiger partial charge in [-0.05, 0) is 12.1 Å². The first-order valence-electron chi connectivity index (χ1n) is 6.85. The van der Waals surface area contributed by atoms with Crippen LogP contribution < -0.4 is 9.64 Å². The zero-order valence-corrected chi connectivity index (χ0v) is 13.3. The standard InChI is InChI=1S/C14H12F6N2O4/c1-22(11-21-10(23)6-26-11)8-4-3-7(5-9(8)25-2)12(24,13(15,16)17)14(18,19)20/h3-5,24H,6H2,1-2H3. The van der Waals surface area contributed by atoms with E-state index in [-0.39, 0.29) is 18.3 Å². The van der Waals surface area contributed by atoms with Gasteiger partial charge < -0.3 is 14.6 Å². The maximum atomic E-state index is 13.0. The highest BCUT2D eigenvalue weighted by molar-refractivity contribution is 6.04. The Bertz CT molecular complexity index is 730. The van der Waals surface area contributed by atoms with Crippen LogP contribution in [0.2, 0.25) is 0 Å². The molecule has 0 unspecified atom stereocenters. The van der Waals surface area contributed by atoms with E-state index in [2.05, 4.69) is 4.99 Å². The summed E-state index contributed by atoms with van der Waals surface area (Å²) in [7, 11) is 2.33. The molecule has 0 fully saturated rings. The first kappa shape index (κ1) is 19.8. The zero-order chi connectivity index (χ0) is 19.9. The van der Waals surface area contributed by atoms with Crippen LogP contribution in [0.25, 0.3) is 0 Å². The van der Waals surface area contributed by atoms with E-state index >= 15 is 0 Å². The van der Waals surface area contributed by atoms with Crippen LogP contribution >= 0.6 is 0 Å². The van der Waals surface area contributed by atoms with Crippen LogP contribution in [0.1, 0.15) is 5.56 Å². The highest BCUT2D eigenvalue weighted by Crippen LogP contribution is 2.51. The van der Waals surface area contributed by atoms with Gasteiger partial charge >= 0.3 is 12.4 Å². The highest BCUT2D eigenvalue weighted by atomic mass is 19.4. The van der Waals surface area contributed by atoms with Crippen LogP contribution in [0.15, 0.2) is 23.2 Å². The summed E-state index contributed by atoms with van der Waals surface area (Å²) >= 11 is 0. The van der Waals surface area contributed by atoms with Crippen LogP contribution in [0, 0.1) is 0 Å². The number of aliphatic imine (C=N–C) groups is 1. The molecule has 1 amide bonds. The van der Waals surface area contributed by atoms with Crippen molar-refractivity contribution < 1.29 is 45.7 Å². The molecule has 2 rings (SSSR count). The molecule has 0 aromatic heterocycles. The third-order valence-corrected chi connectivity index (χ3v) is 3.61. The summed E-state index contributed by atoms with van der Waals surface area (Å²) in [4.78, 5) is 15.7. The van der Waals surface area contributed by atoms with Crippen molar-refractivity contribution in [3.05, 3.63) is 23.8 Å². The number of hydrogen-bond acceptors (Lipinski definition) is 5. The molecule has 1 aliphatic rings. The van der Waals surface area contributed by atoms with Gasteiger partial charge in [-0.25, -0.2) is 0 Å². The van der Waals surface area contributed by atoms with Gasteiger partial charge in [-0.2, -0.15) is 31.3 Å². The lowest BCUT2D eigenvalue weighted by Gasteiger charge is -2.33. The molecular formula is C14H12F6N2O4. The zero-order valence-electron chi connectivity index (χ0n) is 13.3. The summed E-state index contributed by atoms with van der Waals surface area (Å²) in [6.07, 6.45) is -12.0. The molecule has 0 bridgehead atoms. The van der Waals surface area contributed by atoms with Crippen molar-refractivity contribution in [2.75, 3.05) is 25.7 Å². The van der Waals surface area contributed by atoms with Gasteiger partial charge in [0.25, 0.3) is 17.5 Å². The lowest BCUT2D eigenvalue weighted by atomic mass is 9.91. The molecule has 1 heterocycles. The molecule has 1 aliphatic heterocycles. The Kier molecular flexibility index (Phi) is 4.83. The van der Waals surface area contributed by atoms with Crippen molar-refractivity contribution in [1.82, 2.24) is 0 Å². The Morgan fingerprint density at radius 3 is 2.19 bits per heavy atom. The monoisotopic (exact) mass is 386 g/mol. The van der Waals surface area contributed by atoms with Crippen LogP contribution in [0.3, 0.4) is 0 Å². The Labute approximate surface area is 142 Å². The number of amides is 1. The van der Waals surface area contributed by atoms with Gasteiger partial charge in [0.05, 0.1) is 12.8 Å². The fourth-order valence-electron chi connectivity index (χ4n) is 2.24. The first-order chi connectivity index (χ1) is 11.8. The largest absolute Gasteiger partial charge is 0.495 e. The van der Waals surface area contributed by atoms with E-state index in [1.54, 1.807) is 0 Å². The van der Waals surface area contributed by atoms with E-state index in [1.807, 2.05) is 0 Å². The number of carbonyl (C=O) groups excluding carboxylic acids is 1. The van der Waals surface area contributed by atoms with Crippen LogP contribution in [0.4, 0.5) is 32.0 Å². The smallest absolute Gasteiger partial charge is 0.430 e. The van der Waals surface area contributed by atoms with Gasteiger partial charge in [-0.3, -0.25) is 9.69 Å². The van der Waals surface area contributed by atoms with Gasteiger partial charge in [0.15, 0.2) is 6.61 Å². The van der Waals surface area contributed by atoms with Crippen molar-refractivity contribution in [2.45, 2.75) is 18.0 Å². The minimum absolute atomic E-state index is 0.0311. The lowest BCUT2D eigenvalue weighted by molar-refractivity contribution is -0.376. The second-order valence-corrected chi connectivity index (χ2v) is 5.23. The van der Waals surface area contributed by atoms with E-state index in [0.29, 0.717) is 12.1 Å². The molecule has 1 aromatic carbocycles. The Morgan fingerprint density at radius 2 is 1.77 bits per heavy atom. The summed E-state index contributed by atoms with van der Waals surface area (Å²) in [6, 6.07) is 1.50. The molecule has 12 heteroatoms. The minimum atomic E-state index is -6.02. The third-order valence-electron chi connectivity index (χ3n) is 3.61. The Balaban J connectivity index is 2.54. The number of anilines is 1. The maximum absolute atomic E-state index is 13.0. The predicted octanol–water partition coefficient (Wildman–Crippen LogP) is 2.36. The van der Waals surface area contributed by atoms with Gasteiger partial charge in [-0.1, -0.05) is 6.07 Å². The molecule has 0 saturated carbocycles. The Hall–Kier alpha value is -2.50. The van der Waals surface area contributed by atoms with Gasteiger partial charge in [0.1, 0.15) is 5.75 Å². The summed E-state index contributed by atoms with van der Waals surface area (Å²) < 4.78 is 87.6. The number of carbonyl (C=O) groups is 1. The molecule has 0 aliphatic carbocycles. The fraction of sp³-hybridized carbons (Fsp3) is 0.429. The van der Waals surface area contributed by atoms with Crippen LogP contribution in [0.5, 0.6) is 5.75 Å². The third kappa shape index (κ3) is 3.16. The second kappa shape index (κ2) is 6.34. The molecule has 1 N–H and O–H groups in total. The SMILES string of the molecule is COc1cc(C(O)(C(F)(F)F)C(F)(F)F)ccc1N(C)C1=NC(=O)CO1. The number of ether oxygens (including phenoxy) is 2. The van der Waals surface area contributed by atoms with E-state index in [0.717, 1.165) is 18.1 Å². The number of nitrogens with zero attached hydrogens (tertiary/aromatic N) is 2. The Morgan fingerprint density at radius 1 is 1.19 bits per heavy atom. The highest BCUT2D eigenvalue weighted by Gasteiger charge is 2.71. The average molecular weight is 386 g/mol. The first-order valence-corrected chi connectivity index (χ1v) is 6.85. The number of alkyl halides is 6. The number of rotatable bonds is 3. The van der Waals surface area contributed by atoms with E-state index < -0.39 is 35.2 Å². The summed E-state index contributed by atoms with van der Waals surface area (Å²) in [5, 5.41) is 9.44. The summed E-state index contributed by atoms with van der Waals surface area (Å²) in [6.45, 7) is -0.345. The molecule has 1 aromatic rings. The van der Waals surface area contributed by atoms with Gasteiger partial charge in [0, 0.05) is 12.6 Å². The van der Waals surface area contributed by atoms with Crippen molar-refractivity contribution in [3.8, 4) is 5.75 Å². The maximum Gasteiger partial charge on any atom is 0.430 e. The number of benzene rings is 1. The molecule has 0 saturated heterocycles. The van der Waals surface area contributed by atoms with E-state index in [9.17, 15) is 36.2 Å². The molecule has 6 nitrogen and oxygen atoms in total. The van der Waals surface area contributed by atoms with Crippen LogP contribution in [-0.4, -0.2) is 50.2 Å². The van der Waals surface area contributed by atoms with Crippen LogP contribution in [-0.2, 0) is 15.1 Å². The van der Waals surface area contributed by atoms with Gasteiger partial charge in [-0.15, -0.1) is 0 Å². The number of hydrogen-bond donors (Lipinski definition) is 1. The molecule has 144 valence electrons. The molecule has 0 radical (unpaired) electrons. The summed E-state index contributed by atoms with van der Waals surface area (Å²) in [5.41, 5.74) is -6.59. The van der Waals surface area contributed by atoms with Crippen molar-refractivity contribution >= 4 is 17.6 Å². The number of halogens is 6. The van der Waals surface area contributed by atoms with Crippen molar-refractivity contribution in [3.63, 3.8) is 0 Å². The topological polar surface area (TPSA) is 71.4 Å². The van der Waals surface area contributed by atoms with Gasteiger partial charge in [0.2, 0.25) is 0 Å². The van der Waals surface area contributed by atoms with E-state index in [4.69, 9.17) is 9.47 Å². The molecular weight excluding hydrogens is 374 g/mol. The van der Waals surface area contributed by atoms with Crippen molar-refractivity contribution in [1.29, 1.82) is 0 Å². The quantitative estimate of drug-likeness (QED) is 0.808. The normalized spacial score (nSPS) is 15.6. The predicted molar refractivity (Wildman–Crippen MR) is 75.8 cm³/mol. The number of methoxy groups -OCH3 is 1. The van der Waals surface area contributed by atoms with Crippen molar-refractivity contribution in [2.24, 2.45) is 4.99 Å². The second-order valence-electron chi connectivity index (χ2n) is 5.23. The molecule has 0 spiro atoms. The minimum Gasteiger partial charge on any atom is -0.495 e.